The summed E-state index contributed by atoms with van der Waals surface area (Å²) in [6, 6.07) is 10.9. The van der Waals surface area contributed by atoms with Crippen molar-refractivity contribution in [2.75, 3.05) is 5.32 Å². The number of nitrogens with one attached hydrogen (secondary N) is 1. The second-order valence-corrected chi connectivity index (χ2v) is 3.97. The van der Waals surface area contributed by atoms with E-state index in [1.165, 1.54) is 6.07 Å². The SMILES string of the molecule is N[C@@H](C(=O)Nc1c(F)cccc1F)c1ccccc1. The van der Waals surface area contributed by atoms with Crippen molar-refractivity contribution in [3.63, 3.8) is 0 Å². The molecule has 2 rings (SSSR count). The maximum atomic E-state index is 13.4. The molecule has 0 bridgehead atoms. The van der Waals surface area contributed by atoms with Gasteiger partial charge in [-0.3, -0.25) is 4.79 Å². The van der Waals surface area contributed by atoms with Crippen LogP contribution >= 0.6 is 0 Å². The molecule has 1 amide bonds. The number of hydrogen-bond donors (Lipinski definition) is 2. The zero-order chi connectivity index (χ0) is 13.8. The van der Waals surface area contributed by atoms with Gasteiger partial charge < -0.3 is 11.1 Å². The van der Waals surface area contributed by atoms with Crippen LogP contribution in [-0.4, -0.2) is 5.91 Å². The van der Waals surface area contributed by atoms with Crippen molar-refractivity contribution >= 4 is 11.6 Å². The Hall–Kier alpha value is -2.27. The number of carbonyl (C=O) groups is 1. The normalized spacial score (nSPS) is 11.9. The Bertz CT molecular complexity index is 567. The molecular weight excluding hydrogens is 250 g/mol. The van der Waals surface area contributed by atoms with Crippen LogP contribution in [0.2, 0.25) is 0 Å². The molecule has 0 unspecified atom stereocenters. The molecule has 0 aliphatic rings. The van der Waals surface area contributed by atoms with Crippen LogP contribution in [0.5, 0.6) is 0 Å². The molecule has 98 valence electrons. The van der Waals surface area contributed by atoms with Crippen molar-refractivity contribution in [2.24, 2.45) is 5.73 Å². The van der Waals surface area contributed by atoms with E-state index in [4.69, 9.17) is 5.73 Å². The van der Waals surface area contributed by atoms with Crippen LogP contribution in [0, 0.1) is 11.6 Å². The highest BCUT2D eigenvalue weighted by Crippen LogP contribution is 2.20. The number of nitrogens with two attached hydrogens (primary N) is 1. The molecule has 5 heteroatoms. The Morgan fingerprint density at radius 1 is 1.00 bits per heavy atom. The van der Waals surface area contributed by atoms with E-state index in [9.17, 15) is 13.6 Å². The molecule has 0 saturated carbocycles. The molecule has 0 saturated heterocycles. The molecular formula is C14H12F2N2O. The summed E-state index contributed by atoms with van der Waals surface area (Å²) in [6.45, 7) is 0. The molecule has 3 N–H and O–H groups in total. The number of rotatable bonds is 3. The second kappa shape index (κ2) is 5.58. The fourth-order valence-corrected chi connectivity index (χ4v) is 1.63. The lowest BCUT2D eigenvalue weighted by Gasteiger charge is -2.13. The van der Waals surface area contributed by atoms with Gasteiger partial charge in [0.25, 0.3) is 0 Å². The van der Waals surface area contributed by atoms with Crippen molar-refractivity contribution < 1.29 is 13.6 Å². The largest absolute Gasteiger partial charge is 0.320 e. The summed E-state index contributed by atoms with van der Waals surface area (Å²) < 4.78 is 26.8. The summed E-state index contributed by atoms with van der Waals surface area (Å²) in [5.74, 6) is -2.35. The Kier molecular flexibility index (Phi) is 3.87. The van der Waals surface area contributed by atoms with Crippen molar-refractivity contribution in [3.05, 3.63) is 65.7 Å². The summed E-state index contributed by atoms with van der Waals surface area (Å²) in [5.41, 5.74) is 5.81. The smallest absolute Gasteiger partial charge is 0.246 e. The number of carbonyl (C=O) groups excluding carboxylic acids is 1. The zero-order valence-electron chi connectivity index (χ0n) is 9.94. The van der Waals surface area contributed by atoms with Crippen molar-refractivity contribution in [1.29, 1.82) is 0 Å². The monoisotopic (exact) mass is 262 g/mol. The van der Waals surface area contributed by atoms with Gasteiger partial charge in [0.1, 0.15) is 23.4 Å². The molecule has 0 spiro atoms. The van der Waals surface area contributed by atoms with E-state index in [1.807, 2.05) is 0 Å². The van der Waals surface area contributed by atoms with Gasteiger partial charge in [-0.1, -0.05) is 36.4 Å². The minimum Gasteiger partial charge on any atom is -0.320 e. The Morgan fingerprint density at radius 3 is 2.16 bits per heavy atom. The van der Waals surface area contributed by atoms with E-state index in [2.05, 4.69) is 5.32 Å². The van der Waals surface area contributed by atoms with Gasteiger partial charge in [0.05, 0.1) is 0 Å². The predicted molar refractivity (Wildman–Crippen MR) is 68.4 cm³/mol. The minimum atomic E-state index is -0.986. The number of halogens is 2. The maximum Gasteiger partial charge on any atom is 0.246 e. The summed E-state index contributed by atoms with van der Waals surface area (Å²) in [6.07, 6.45) is 0. The van der Waals surface area contributed by atoms with Crippen LogP contribution in [0.4, 0.5) is 14.5 Å². The van der Waals surface area contributed by atoms with E-state index in [-0.39, 0.29) is 0 Å². The van der Waals surface area contributed by atoms with Crippen LogP contribution < -0.4 is 11.1 Å². The lowest BCUT2D eigenvalue weighted by atomic mass is 10.1. The van der Waals surface area contributed by atoms with Gasteiger partial charge in [0.15, 0.2) is 0 Å². The first kappa shape index (κ1) is 13.2. The minimum absolute atomic E-state index is 0.487. The number of hydrogen-bond acceptors (Lipinski definition) is 2. The van der Waals surface area contributed by atoms with Gasteiger partial charge in [-0.25, -0.2) is 8.78 Å². The standard InChI is InChI=1S/C14H12F2N2O/c15-10-7-4-8-11(16)13(10)18-14(19)12(17)9-5-2-1-3-6-9/h1-8,12H,17H2,(H,18,19)/t12-/m1/s1. The van der Waals surface area contributed by atoms with E-state index in [0.717, 1.165) is 12.1 Å². The predicted octanol–water partition coefficient (Wildman–Crippen LogP) is 2.60. The third kappa shape index (κ3) is 2.95. The fraction of sp³-hybridized carbons (Fsp3) is 0.0714. The van der Waals surface area contributed by atoms with Gasteiger partial charge in [-0.05, 0) is 17.7 Å². The first-order valence-corrected chi connectivity index (χ1v) is 5.65. The van der Waals surface area contributed by atoms with Crippen LogP contribution in [-0.2, 0) is 4.79 Å². The van der Waals surface area contributed by atoms with E-state index in [0.29, 0.717) is 5.56 Å². The highest BCUT2D eigenvalue weighted by Gasteiger charge is 2.18. The number of anilines is 1. The topological polar surface area (TPSA) is 55.1 Å². The zero-order valence-corrected chi connectivity index (χ0v) is 9.94. The third-order valence-corrected chi connectivity index (χ3v) is 2.65. The molecule has 0 heterocycles. The van der Waals surface area contributed by atoms with E-state index in [1.54, 1.807) is 30.3 Å². The molecule has 1 atom stereocenters. The van der Waals surface area contributed by atoms with Crippen LogP contribution in [0.15, 0.2) is 48.5 Å². The Labute approximate surface area is 109 Å². The van der Waals surface area contributed by atoms with Gasteiger partial charge >= 0.3 is 0 Å². The van der Waals surface area contributed by atoms with E-state index >= 15 is 0 Å². The molecule has 19 heavy (non-hydrogen) atoms. The summed E-state index contributed by atoms with van der Waals surface area (Å²) >= 11 is 0. The lowest BCUT2D eigenvalue weighted by molar-refractivity contribution is -0.117. The highest BCUT2D eigenvalue weighted by molar-refractivity contribution is 5.95. The lowest BCUT2D eigenvalue weighted by Crippen LogP contribution is -2.28. The maximum absolute atomic E-state index is 13.4. The Morgan fingerprint density at radius 2 is 1.58 bits per heavy atom. The van der Waals surface area contributed by atoms with Crippen molar-refractivity contribution in [2.45, 2.75) is 6.04 Å². The van der Waals surface area contributed by atoms with Crippen molar-refractivity contribution in [1.82, 2.24) is 0 Å². The van der Waals surface area contributed by atoms with Gasteiger partial charge in [-0.15, -0.1) is 0 Å². The second-order valence-electron chi connectivity index (χ2n) is 3.97. The van der Waals surface area contributed by atoms with E-state index < -0.39 is 29.3 Å². The molecule has 0 fully saturated rings. The molecule has 2 aromatic carbocycles. The van der Waals surface area contributed by atoms with Gasteiger partial charge in [-0.2, -0.15) is 0 Å². The molecule has 0 radical (unpaired) electrons. The third-order valence-electron chi connectivity index (χ3n) is 2.65. The fourth-order valence-electron chi connectivity index (χ4n) is 1.63. The molecule has 3 nitrogen and oxygen atoms in total. The molecule has 0 aliphatic carbocycles. The van der Waals surface area contributed by atoms with Crippen molar-refractivity contribution in [3.8, 4) is 0 Å². The molecule has 2 aromatic rings. The molecule has 0 aromatic heterocycles. The van der Waals surface area contributed by atoms with Crippen LogP contribution in [0.25, 0.3) is 0 Å². The summed E-state index contributed by atoms with van der Waals surface area (Å²) in [7, 11) is 0. The number of para-hydroxylation sites is 1. The Balaban J connectivity index is 2.18. The summed E-state index contributed by atoms with van der Waals surface area (Å²) in [4.78, 5) is 11.8. The average molecular weight is 262 g/mol. The number of benzene rings is 2. The first-order chi connectivity index (χ1) is 9.09. The number of amides is 1. The summed E-state index contributed by atoms with van der Waals surface area (Å²) in [5, 5.41) is 2.16. The average Bonchev–Trinajstić information content (AvgIpc) is 2.43. The van der Waals surface area contributed by atoms with Crippen LogP contribution in [0.3, 0.4) is 0 Å². The first-order valence-electron chi connectivity index (χ1n) is 5.65. The quantitative estimate of drug-likeness (QED) is 0.893. The van der Waals surface area contributed by atoms with Crippen LogP contribution in [0.1, 0.15) is 11.6 Å². The van der Waals surface area contributed by atoms with Gasteiger partial charge in [0, 0.05) is 0 Å². The van der Waals surface area contributed by atoms with Gasteiger partial charge in [0.2, 0.25) is 5.91 Å². The molecule has 0 aliphatic heterocycles. The highest BCUT2D eigenvalue weighted by atomic mass is 19.1.